The summed E-state index contributed by atoms with van der Waals surface area (Å²) in [6.07, 6.45) is 5.91. The van der Waals surface area contributed by atoms with E-state index in [0.29, 0.717) is 0 Å². The third kappa shape index (κ3) is 4.93. The summed E-state index contributed by atoms with van der Waals surface area (Å²) < 4.78 is 0. The van der Waals surface area contributed by atoms with Crippen LogP contribution in [0.25, 0.3) is 0 Å². The molecule has 2 amide bonds. The minimum atomic E-state index is -0.622. The van der Waals surface area contributed by atoms with Crippen LogP contribution in [0.4, 0.5) is 4.79 Å². The highest BCUT2D eigenvalue weighted by atomic mass is 32.1. The molecule has 0 spiro atoms. The molecule has 2 heterocycles. The molecule has 2 atom stereocenters. The third-order valence-electron chi connectivity index (χ3n) is 4.93. The Balaban J connectivity index is 1.34. The zero-order valence-electron chi connectivity index (χ0n) is 13.5. The highest BCUT2D eigenvalue weighted by Gasteiger charge is 2.27. The van der Waals surface area contributed by atoms with Crippen LogP contribution >= 0.6 is 11.3 Å². The van der Waals surface area contributed by atoms with Gasteiger partial charge in [-0.2, -0.15) is 0 Å². The van der Waals surface area contributed by atoms with Gasteiger partial charge in [0.25, 0.3) is 0 Å². The molecule has 128 valence electrons. The second kappa shape index (κ2) is 8.13. The smallest absolute Gasteiger partial charge is 0.315 e. The van der Waals surface area contributed by atoms with Crippen molar-refractivity contribution in [2.75, 3.05) is 26.2 Å². The summed E-state index contributed by atoms with van der Waals surface area (Å²) in [6, 6.07) is 3.84. The molecule has 23 heavy (non-hydrogen) atoms. The first-order valence-electron chi connectivity index (χ1n) is 8.69. The highest BCUT2D eigenvalue weighted by Crippen LogP contribution is 2.26. The molecule has 1 saturated carbocycles. The molecule has 0 radical (unpaired) electrons. The predicted molar refractivity (Wildman–Crippen MR) is 92.6 cm³/mol. The Morgan fingerprint density at radius 1 is 1.39 bits per heavy atom. The third-order valence-corrected chi connectivity index (χ3v) is 5.90. The molecule has 5 nitrogen and oxygen atoms in total. The minimum absolute atomic E-state index is 0.173. The van der Waals surface area contributed by atoms with E-state index in [9.17, 15) is 9.90 Å². The van der Waals surface area contributed by atoms with Gasteiger partial charge in [-0.1, -0.05) is 18.9 Å². The van der Waals surface area contributed by atoms with E-state index in [4.69, 9.17) is 0 Å². The fraction of sp³-hybridized carbons (Fsp3) is 0.706. The number of nitrogens with one attached hydrogen (secondary N) is 2. The molecule has 3 rings (SSSR count). The molecule has 1 saturated heterocycles. The van der Waals surface area contributed by atoms with Crippen LogP contribution in [0.3, 0.4) is 0 Å². The standard InChI is InChI=1S/C17H27N3O2S/c21-15(16-6-3-9-23-16)10-18-17(22)19-14-7-8-20(12-14)11-13-4-1-2-5-13/h3,6,9,13-15,21H,1-2,4-5,7-8,10-12H2,(H2,18,19,22)/t14-,15+/m0/s1. The van der Waals surface area contributed by atoms with E-state index >= 15 is 0 Å². The van der Waals surface area contributed by atoms with Crippen molar-refractivity contribution in [3.8, 4) is 0 Å². The average Bonchev–Trinajstić information content (AvgIpc) is 3.28. The van der Waals surface area contributed by atoms with Gasteiger partial charge in [-0.3, -0.25) is 0 Å². The number of thiophene rings is 1. The molecule has 1 aliphatic carbocycles. The van der Waals surface area contributed by atoms with Crippen LogP contribution in [0.1, 0.15) is 43.1 Å². The number of hydrogen-bond donors (Lipinski definition) is 3. The number of nitrogens with zero attached hydrogens (tertiary/aromatic N) is 1. The Bertz CT molecular complexity index is 488. The molecular formula is C17H27N3O2S. The van der Waals surface area contributed by atoms with E-state index in [-0.39, 0.29) is 18.6 Å². The maximum atomic E-state index is 12.0. The number of hydrogen-bond acceptors (Lipinski definition) is 4. The van der Waals surface area contributed by atoms with Crippen molar-refractivity contribution in [2.45, 2.75) is 44.2 Å². The minimum Gasteiger partial charge on any atom is -0.386 e. The molecule has 2 fully saturated rings. The summed E-state index contributed by atoms with van der Waals surface area (Å²) in [7, 11) is 0. The second-order valence-corrected chi connectivity index (χ2v) is 7.76. The number of amides is 2. The number of likely N-dealkylation sites (tertiary alicyclic amines) is 1. The molecule has 1 aromatic heterocycles. The first kappa shape index (κ1) is 16.7. The Labute approximate surface area is 142 Å². The average molecular weight is 337 g/mol. The summed E-state index contributed by atoms with van der Waals surface area (Å²) in [5.74, 6) is 0.864. The highest BCUT2D eigenvalue weighted by molar-refractivity contribution is 7.10. The van der Waals surface area contributed by atoms with Gasteiger partial charge in [-0.25, -0.2) is 4.79 Å². The van der Waals surface area contributed by atoms with Crippen molar-refractivity contribution in [1.82, 2.24) is 15.5 Å². The molecule has 3 N–H and O–H groups in total. The van der Waals surface area contributed by atoms with Crippen molar-refractivity contribution in [2.24, 2.45) is 5.92 Å². The number of aliphatic hydroxyl groups excluding tert-OH is 1. The maximum absolute atomic E-state index is 12.0. The quantitative estimate of drug-likeness (QED) is 0.746. The second-order valence-electron chi connectivity index (χ2n) is 6.78. The fourth-order valence-electron chi connectivity index (χ4n) is 3.68. The Hall–Kier alpha value is -1.11. The topological polar surface area (TPSA) is 64.6 Å². The molecular weight excluding hydrogens is 310 g/mol. The molecule has 0 unspecified atom stereocenters. The van der Waals surface area contributed by atoms with Gasteiger partial charge in [0.15, 0.2) is 0 Å². The van der Waals surface area contributed by atoms with E-state index in [1.807, 2.05) is 17.5 Å². The van der Waals surface area contributed by atoms with Gasteiger partial charge in [-0.05, 0) is 36.6 Å². The molecule has 1 aliphatic heterocycles. The van der Waals surface area contributed by atoms with Gasteiger partial charge in [-0.15, -0.1) is 11.3 Å². The van der Waals surface area contributed by atoms with Crippen molar-refractivity contribution >= 4 is 17.4 Å². The van der Waals surface area contributed by atoms with E-state index in [2.05, 4.69) is 15.5 Å². The molecule has 6 heteroatoms. The van der Waals surface area contributed by atoms with Gasteiger partial charge >= 0.3 is 6.03 Å². The lowest BCUT2D eigenvalue weighted by Crippen LogP contribution is -2.44. The Kier molecular flexibility index (Phi) is 5.91. The van der Waals surface area contributed by atoms with Crippen molar-refractivity contribution < 1.29 is 9.90 Å². The number of carbonyl (C=O) groups is 1. The first-order valence-corrected chi connectivity index (χ1v) is 9.57. The van der Waals surface area contributed by atoms with Crippen LogP contribution in [-0.4, -0.2) is 48.3 Å². The van der Waals surface area contributed by atoms with E-state index < -0.39 is 6.10 Å². The Morgan fingerprint density at radius 3 is 2.96 bits per heavy atom. The molecule has 0 bridgehead atoms. The van der Waals surface area contributed by atoms with Crippen LogP contribution in [0.15, 0.2) is 17.5 Å². The summed E-state index contributed by atoms with van der Waals surface area (Å²) in [4.78, 5) is 15.3. The maximum Gasteiger partial charge on any atom is 0.315 e. The largest absolute Gasteiger partial charge is 0.386 e. The summed E-state index contributed by atoms with van der Waals surface area (Å²) in [5.41, 5.74) is 0. The monoisotopic (exact) mass is 337 g/mol. The molecule has 2 aliphatic rings. The zero-order valence-corrected chi connectivity index (χ0v) is 14.4. The van der Waals surface area contributed by atoms with E-state index in [0.717, 1.165) is 30.3 Å². The van der Waals surface area contributed by atoms with Gasteiger partial charge in [0, 0.05) is 30.6 Å². The lowest BCUT2D eigenvalue weighted by atomic mass is 10.1. The normalized spacial score (nSPS) is 24.0. The van der Waals surface area contributed by atoms with Crippen LogP contribution in [0.2, 0.25) is 0 Å². The fourth-order valence-corrected chi connectivity index (χ4v) is 4.39. The lowest BCUT2D eigenvalue weighted by molar-refractivity contribution is 0.175. The van der Waals surface area contributed by atoms with Gasteiger partial charge in [0.1, 0.15) is 6.10 Å². The van der Waals surface area contributed by atoms with Crippen molar-refractivity contribution in [3.05, 3.63) is 22.4 Å². The van der Waals surface area contributed by atoms with Crippen molar-refractivity contribution in [3.63, 3.8) is 0 Å². The van der Waals surface area contributed by atoms with E-state index in [1.165, 1.54) is 43.6 Å². The van der Waals surface area contributed by atoms with Gasteiger partial charge < -0.3 is 20.6 Å². The van der Waals surface area contributed by atoms with Gasteiger partial charge in [0.05, 0.1) is 6.54 Å². The van der Waals surface area contributed by atoms with Crippen LogP contribution < -0.4 is 10.6 Å². The number of carbonyl (C=O) groups excluding carboxylic acids is 1. The SMILES string of the molecule is O=C(NC[C@@H](O)c1cccs1)N[C@H]1CCN(CC2CCCC2)C1. The Morgan fingerprint density at radius 2 is 2.22 bits per heavy atom. The molecule has 1 aromatic rings. The van der Waals surface area contributed by atoms with Crippen LogP contribution in [-0.2, 0) is 0 Å². The lowest BCUT2D eigenvalue weighted by Gasteiger charge is -2.20. The van der Waals surface area contributed by atoms with E-state index in [1.54, 1.807) is 0 Å². The van der Waals surface area contributed by atoms with Crippen molar-refractivity contribution in [1.29, 1.82) is 0 Å². The van der Waals surface area contributed by atoms with Crippen LogP contribution in [0, 0.1) is 5.92 Å². The van der Waals surface area contributed by atoms with Crippen LogP contribution in [0.5, 0.6) is 0 Å². The summed E-state index contributed by atoms with van der Waals surface area (Å²) in [5, 5.41) is 17.7. The number of aliphatic hydroxyl groups is 1. The summed E-state index contributed by atoms with van der Waals surface area (Å²) >= 11 is 1.50. The number of rotatable bonds is 6. The summed E-state index contributed by atoms with van der Waals surface area (Å²) in [6.45, 7) is 3.48. The number of urea groups is 1. The zero-order chi connectivity index (χ0) is 16.1. The molecule has 0 aromatic carbocycles. The predicted octanol–water partition coefficient (Wildman–Crippen LogP) is 2.35. The first-order chi connectivity index (χ1) is 11.2. The van der Waals surface area contributed by atoms with Gasteiger partial charge in [0.2, 0.25) is 0 Å².